The Kier molecular flexibility index (Phi) is 4.31. The van der Waals surface area contributed by atoms with Crippen molar-refractivity contribution in [3.63, 3.8) is 0 Å². The normalized spacial score (nSPS) is 9.57. The molecule has 0 aliphatic heterocycles. The Morgan fingerprint density at radius 2 is 2.10 bits per heavy atom. The second-order valence-electron chi connectivity index (χ2n) is 3.86. The Hall–Kier alpha value is -3.14. The fourth-order valence-corrected chi connectivity index (χ4v) is 1.46. The van der Waals surface area contributed by atoms with E-state index in [4.69, 9.17) is 4.42 Å². The number of nitrogens with one attached hydrogen (secondary N) is 1. The highest BCUT2D eigenvalue weighted by Crippen LogP contribution is 2.15. The summed E-state index contributed by atoms with van der Waals surface area (Å²) in [6, 6.07) is 8.27. The van der Waals surface area contributed by atoms with Gasteiger partial charge in [0.15, 0.2) is 5.76 Å². The van der Waals surface area contributed by atoms with Crippen LogP contribution >= 0.6 is 0 Å². The van der Waals surface area contributed by atoms with Crippen molar-refractivity contribution >= 4 is 11.8 Å². The molecule has 0 saturated heterocycles. The summed E-state index contributed by atoms with van der Waals surface area (Å²) in [5.74, 6) is 3.36. The number of hydrogen-bond donors (Lipinski definition) is 1. The van der Waals surface area contributed by atoms with Gasteiger partial charge in [0, 0.05) is 0 Å². The van der Waals surface area contributed by atoms with Crippen LogP contribution in [0.1, 0.15) is 16.1 Å². The summed E-state index contributed by atoms with van der Waals surface area (Å²) in [6.45, 7) is -0.0400. The highest BCUT2D eigenvalue weighted by Gasteiger charge is 2.16. The summed E-state index contributed by atoms with van der Waals surface area (Å²) in [4.78, 5) is 21.3. The summed E-state index contributed by atoms with van der Waals surface area (Å²) in [5.41, 5.74) is 0.223. The first-order chi connectivity index (χ1) is 10.1. The third-order valence-electron chi connectivity index (χ3n) is 2.43. The van der Waals surface area contributed by atoms with Crippen LogP contribution in [0.4, 0.5) is 10.3 Å². The van der Waals surface area contributed by atoms with Gasteiger partial charge in [-0.05, 0) is 18.2 Å². The number of hydrogen-bond acceptors (Lipinski definition) is 4. The highest BCUT2D eigenvalue weighted by molar-refractivity contribution is 5.91. The molecule has 0 unspecified atom stereocenters. The van der Waals surface area contributed by atoms with Crippen molar-refractivity contribution in [2.45, 2.75) is 0 Å². The molecule has 0 bridgehead atoms. The quantitative estimate of drug-likeness (QED) is 0.532. The van der Waals surface area contributed by atoms with E-state index < -0.39 is 22.5 Å². The Labute approximate surface area is 118 Å². The molecule has 21 heavy (non-hydrogen) atoms. The molecule has 1 heterocycles. The summed E-state index contributed by atoms with van der Waals surface area (Å²) >= 11 is 0. The van der Waals surface area contributed by atoms with Gasteiger partial charge in [-0.15, -0.1) is 0 Å². The highest BCUT2D eigenvalue weighted by atomic mass is 19.1. The largest absolute Gasteiger partial charge is 0.433 e. The topological polar surface area (TPSA) is 85.4 Å². The molecule has 0 atom stereocenters. The minimum absolute atomic E-state index is 0.0400. The molecule has 2 aromatic rings. The van der Waals surface area contributed by atoms with Crippen LogP contribution in [0.5, 0.6) is 0 Å². The van der Waals surface area contributed by atoms with E-state index in [1.165, 1.54) is 18.2 Å². The van der Waals surface area contributed by atoms with Crippen LogP contribution in [0.25, 0.3) is 0 Å². The predicted molar refractivity (Wildman–Crippen MR) is 71.0 cm³/mol. The third-order valence-corrected chi connectivity index (χ3v) is 2.43. The lowest BCUT2D eigenvalue weighted by Gasteiger charge is -1.96. The van der Waals surface area contributed by atoms with Crippen molar-refractivity contribution in [3.05, 3.63) is 63.7 Å². The fraction of sp³-hybridized carbons (Fsp3) is 0.0714. The van der Waals surface area contributed by atoms with E-state index in [1.54, 1.807) is 12.1 Å². The number of nitrogens with zero attached hydrogens (tertiary/aromatic N) is 1. The average Bonchev–Trinajstić information content (AvgIpc) is 2.95. The first-order valence-corrected chi connectivity index (χ1v) is 5.84. The molecule has 106 valence electrons. The number of rotatable bonds is 3. The van der Waals surface area contributed by atoms with Gasteiger partial charge in [0.05, 0.1) is 18.2 Å². The van der Waals surface area contributed by atoms with Gasteiger partial charge in [0.25, 0.3) is 5.91 Å². The van der Waals surface area contributed by atoms with Gasteiger partial charge < -0.3 is 9.73 Å². The molecule has 0 fully saturated rings. The number of carbonyl (C=O) groups excluding carboxylic acids is 1. The predicted octanol–water partition coefficient (Wildman–Crippen LogP) is 2.11. The molecule has 1 aromatic carbocycles. The van der Waals surface area contributed by atoms with Crippen LogP contribution in [0.15, 0.2) is 40.8 Å². The zero-order valence-corrected chi connectivity index (χ0v) is 10.6. The summed E-state index contributed by atoms with van der Waals surface area (Å²) < 4.78 is 18.0. The van der Waals surface area contributed by atoms with Crippen LogP contribution in [0.3, 0.4) is 0 Å². The van der Waals surface area contributed by atoms with Crippen LogP contribution in [0, 0.1) is 27.8 Å². The maximum Gasteiger partial charge on any atom is 0.433 e. The molecule has 0 radical (unpaired) electrons. The van der Waals surface area contributed by atoms with Crippen molar-refractivity contribution in [3.8, 4) is 11.8 Å². The summed E-state index contributed by atoms with van der Waals surface area (Å²) in [5, 5.41) is 12.8. The lowest BCUT2D eigenvalue weighted by Crippen LogP contribution is -2.23. The average molecular weight is 288 g/mol. The van der Waals surface area contributed by atoms with Crippen molar-refractivity contribution < 1.29 is 18.5 Å². The second kappa shape index (κ2) is 6.34. The molecule has 2 rings (SSSR count). The number of furan rings is 1. The first-order valence-electron chi connectivity index (χ1n) is 5.84. The van der Waals surface area contributed by atoms with Gasteiger partial charge in [-0.2, -0.15) is 0 Å². The Morgan fingerprint density at radius 3 is 2.76 bits per heavy atom. The van der Waals surface area contributed by atoms with Gasteiger partial charge >= 0.3 is 5.88 Å². The summed E-state index contributed by atoms with van der Waals surface area (Å²) in [7, 11) is 0. The number of benzene rings is 1. The van der Waals surface area contributed by atoms with Crippen LogP contribution in [-0.2, 0) is 0 Å². The van der Waals surface area contributed by atoms with E-state index in [2.05, 4.69) is 17.2 Å². The van der Waals surface area contributed by atoms with Gasteiger partial charge in [-0.3, -0.25) is 14.9 Å². The van der Waals surface area contributed by atoms with Crippen LogP contribution < -0.4 is 5.32 Å². The third kappa shape index (κ3) is 3.67. The Balaban J connectivity index is 1.93. The minimum atomic E-state index is -0.741. The molecule has 1 N–H and O–H groups in total. The van der Waals surface area contributed by atoms with Gasteiger partial charge in [0.2, 0.25) is 0 Å². The Morgan fingerprint density at radius 1 is 1.33 bits per heavy atom. The number of halogens is 1. The monoisotopic (exact) mass is 288 g/mol. The lowest BCUT2D eigenvalue weighted by molar-refractivity contribution is -0.402. The number of carbonyl (C=O) groups is 1. The summed E-state index contributed by atoms with van der Waals surface area (Å²) in [6.07, 6.45) is 0. The number of amides is 1. The second-order valence-corrected chi connectivity index (χ2v) is 3.86. The molecular weight excluding hydrogens is 279 g/mol. The zero-order chi connectivity index (χ0) is 15.2. The smallest absolute Gasteiger partial charge is 0.395 e. The van der Waals surface area contributed by atoms with Crippen molar-refractivity contribution in [2.75, 3.05) is 6.54 Å². The van der Waals surface area contributed by atoms with E-state index >= 15 is 0 Å². The van der Waals surface area contributed by atoms with Gasteiger partial charge in [0.1, 0.15) is 10.7 Å². The van der Waals surface area contributed by atoms with E-state index in [-0.39, 0.29) is 17.9 Å². The van der Waals surface area contributed by atoms with Crippen LogP contribution in [0.2, 0.25) is 0 Å². The fourth-order valence-electron chi connectivity index (χ4n) is 1.46. The molecule has 0 aliphatic carbocycles. The van der Waals surface area contributed by atoms with E-state index in [9.17, 15) is 19.3 Å². The van der Waals surface area contributed by atoms with E-state index in [1.807, 2.05) is 0 Å². The molecule has 1 aromatic heterocycles. The maximum absolute atomic E-state index is 13.3. The van der Waals surface area contributed by atoms with Gasteiger partial charge in [-0.25, -0.2) is 4.39 Å². The molecule has 0 aliphatic rings. The van der Waals surface area contributed by atoms with Crippen molar-refractivity contribution in [2.24, 2.45) is 0 Å². The van der Waals surface area contributed by atoms with Crippen LogP contribution in [-0.4, -0.2) is 17.4 Å². The SMILES string of the molecule is O=C(NCC#Cc1ccccc1F)c1ccc([N+](=O)[O-])o1. The minimum Gasteiger partial charge on any atom is -0.395 e. The number of nitro groups is 1. The van der Waals surface area contributed by atoms with E-state index in [0.29, 0.717) is 0 Å². The molecular formula is C14H9FN2O4. The first kappa shape index (κ1) is 14.3. The molecule has 1 amide bonds. The van der Waals surface area contributed by atoms with Gasteiger partial charge in [-0.1, -0.05) is 24.0 Å². The molecule has 0 saturated carbocycles. The van der Waals surface area contributed by atoms with E-state index in [0.717, 1.165) is 6.07 Å². The molecule has 7 heteroatoms. The Bertz CT molecular complexity index is 743. The van der Waals surface area contributed by atoms with Crippen molar-refractivity contribution in [1.82, 2.24) is 5.32 Å². The standard InChI is InChI=1S/C14H9FN2O4/c15-11-6-2-1-4-10(11)5-3-9-16-14(18)12-7-8-13(21-12)17(19)20/h1-2,4,6-8H,9H2,(H,16,18). The zero-order valence-electron chi connectivity index (χ0n) is 10.6. The molecule has 0 spiro atoms. The maximum atomic E-state index is 13.3. The molecule has 6 nitrogen and oxygen atoms in total. The lowest BCUT2D eigenvalue weighted by atomic mass is 10.2. The van der Waals surface area contributed by atoms with Crippen molar-refractivity contribution in [1.29, 1.82) is 0 Å².